The topological polar surface area (TPSA) is 68.0 Å². The Balaban J connectivity index is 1.63. The van der Waals surface area contributed by atoms with Gasteiger partial charge in [-0.3, -0.25) is 4.79 Å². The third-order valence-electron chi connectivity index (χ3n) is 3.54. The third-order valence-corrected chi connectivity index (χ3v) is 5.83. The fourth-order valence-corrected chi connectivity index (χ4v) is 4.07. The highest BCUT2D eigenvalue weighted by atomic mass is 32.2. The molecule has 0 fully saturated rings. The van der Waals surface area contributed by atoms with E-state index >= 15 is 0 Å². The molecule has 0 spiro atoms. The number of rotatable bonds is 7. The lowest BCUT2D eigenvalue weighted by molar-refractivity contribution is 0.0948. The van der Waals surface area contributed by atoms with E-state index in [0.29, 0.717) is 29.6 Å². The number of nitrogens with one attached hydrogen (secondary N) is 1. The molecule has 0 saturated carbocycles. The fourth-order valence-electron chi connectivity index (χ4n) is 2.29. The molecule has 0 aliphatic heterocycles. The highest BCUT2D eigenvalue weighted by Gasteiger charge is 2.13. The first kappa shape index (κ1) is 17.7. The van der Waals surface area contributed by atoms with Gasteiger partial charge in [0.25, 0.3) is 5.91 Å². The summed E-state index contributed by atoms with van der Waals surface area (Å²) >= 11 is 3.25. The van der Waals surface area contributed by atoms with Crippen molar-refractivity contribution in [1.29, 1.82) is 0 Å². The van der Waals surface area contributed by atoms with Crippen LogP contribution in [0.15, 0.2) is 45.8 Å². The number of hydrogen-bond acceptors (Lipinski definition) is 6. The molecular weight excluding hydrogens is 354 g/mol. The van der Waals surface area contributed by atoms with Gasteiger partial charge in [-0.15, -0.1) is 23.1 Å². The van der Waals surface area contributed by atoms with Gasteiger partial charge in [-0.05, 0) is 37.6 Å². The quantitative estimate of drug-likeness (QED) is 0.628. The van der Waals surface area contributed by atoms with Crippen LogP contribution < -0.4 is 5.32 Å². The fraction of sp³-hybridized carbons (Fsp3) is 0.278. The molecular formula is C18H19N3O2S2. The lowest BCUT2D eigenvalue weighted by atomic mass is 10.2. The molecule has 5 nitrogen and oxygen atoms in total. The summed E-state index contributed by atoms with van der Waals surface area (Å²) in [7, 11) is 0. The second-order valence-electron chi connectivity index (χ2n) is 5.42. The van der Waals surface area contributed by atoms with Crippen LogP contribution in [0.4, 0.5) is 0 Å². The van der Waals surface area contributed by atoms with Gasteiger partial charge in [-0.25, -0.2) is 0 Å². The molecule has 0 saturated heterocycles. The third kappa shape index (κ3) is 4.70. The average molecular weight is 374 g/mol. The minimum Gasteiger partial charge on any atom is -0.347 e. The monoisotopic (exact) mass is 373 g/mol. The first-order chi connectivity index (χ1) is 12.2. The molecule has 0 atom stereocenters. The molecule has 25 heavy (non-hydrogen) atoms. The van der Waals surface area contributed by atoms with E-state index < -0.39 is 0 Å². The van der Waals surface area contributed by atoms with E-state index in [0.717, 1.165) is 16.2 Å². The first-order valence-corrected chi connectivity index (χ1v) is 9.82. The Labute approximate surface area is 154 Å². The van der Waals surface area contributed by atoms with Crippen molar-refractivity contribution in [2.45, 2.75) is 37.5 Å². The Kier molecular flexibility index (Phi) is 5.88. The average Bonchev–Trinajstić information content (AvgIpc) is 3.26. The largest absolute Gasteiger partial charge is 0.347 e. The highest BCUT2D eigenvalue weighted by molar-refractivity contribution is 7.98. The summed E-state index contributed by atoms with van der Waals surface area (Å²) in [6.45, 7) is 4.46. The van der Waals surface area contributed by atoms with Crippen molar-refractivity contribution in [3.05, 3.63) is 63.4 Å². The predicted molar refractivity (Wildman–Crippen MR) is 99.9 cm³/mol. The number of benzene rings is 1. The van der Waals surface area contributed by atoms with Gasteiger partial charge >= 0.3 is 0 Å². The number of amides is 1. The van der Waals surface area contributed by atoms with Crippen molar-refractivity contribution in [3.63, 3.8) is 0 Å². The van der Waals surface area contributed by atoms with E-state index in [9.17, 15) is 4.79 Å². The number of thiophene rings is 1. The van der Waals surface area contributed by atoms with E-state index in [1.54, 1.807) is 18.3 Å². The summed E-state index contributed by atoms with van der Waals surface area (Å²) in [6.07, 6.45) is 1.02. The molecule has 0 bridgehead atoms. The van der Waals surface area contributed by atoms with Gasteiger partial charge in [0, 0.05) is 14.6 Å². The molecule has 2 heterocycles. The van der Waals surface area contributed by atoms with Crippen LogP contribution in [-0.4, -0.2) is 16.0 Å². The van der Waals surface area contributed by atoms with E-state index in [4.69, 9.17) is 4.52 Å². The Hall–Kier alpha value is -2.12. The smallest absolute Gasteiger partial charge is 0.252 e. The van der Waals surface area contributed by atoms with Gasteiger partial charge in [0.15, 0.2) is 5.82 Å². The molecule has 1 amide bonds. The molecule has 1 aromatic carbocycles. The molecule has 7 heteroatoms. The maximum absolute atomic E-state index is 12.6. The van der Waals surface area contributed by atoms with Crippen molar-refractivity contribution >= 4 is 29.0 Å². The van der Waals surface area contributed by atoms with Gasteiger partial charge in [0.1, 0.15) is 0 Å². The predicted octanol–water partition coefficient (Wildman–Crippen LogP) is 4.22. The van der Waals surface area contributed by atoms with Crippen LogP contribution in [0.3, 0.4) is 0 Å². The van der Waals surface area contributed by atoms with Gasteiger partial charge < -0.3 is 9.84 Å². The maximum Gasteiger partial charge on any atom is 0.252 e. The Bertz CT molecular complexity index is 857. The zero-order chi connectivity index (χ0) is 17.6. The summed E-state index contributed by atoms with van der Waals surface area (Å²) in [5.74, 6) is 1.64. The minimum absolute atomic E-state index is 0.0729. The van der Waals surface area contributed by atoms with Crippen molar-refractivity contribution in [1.82, 2.24) is 15.5 Å². The molecule has 3 aromatic rings. The standard InChI is InChI=1S/C18H19N3O2S2/c1-3-13-8-9-14(25-13)10-19-18(22)15-6-4-5-7-16(15)24-11-17-20-12(2)21-23-17/h4-9H,3,10-11H2,1-2H3,(H,19,22). The van der Waals surface area contributed by atoms with E-state index in [1.807, 2.05) is 24.3 Å². The zero-order valence-electron chi connectivity index (χ0n) is 14.1. The first-order valence-electron chi connectivity index (χ1n) is 8.02. The lowest BCUT2D eigenvalue weighted by Crippen LogP contribution is -2.22. The summed E-state index contributed by atoms with van der Waals surface area (Å²) < 4.78 is 5.12. The van der Waals surface area contributed by atoms with Crippen molar-refractivity contribution in [2.24, 2.45) is 0 Å². The number of carbonyl (C=O) groups is 1. The molecule has 0 unspecified atom stereocenters. The van der Waals surface area contributed by atoms with Crippen LogP contribution in [0, 0.1) is 6.92 Å². The second-order valence-corrected chi connectivity index (χ2v) is 7.69. The summed E-state index contributed by atoms with van der Waals surface area (Å²) in [6, 6.07) is 11.7. The summed E-state index contributed by atoms with van der Waals surface area (Å²) in [5.41, 5.74) is 0.663. The zero-order valence-corrected chi connectivity index (χ0v) is 15.7. The number of aryl methyl sites for hydroxylation is 2. The Morgan fingerprint density at radius 2 is 2.04 bits per heavy atom. The highest BCUT2D eigenvalue weighted by Crippen LogP contribution is 2.26. The van der Waals surface area contributed by atoms with Gasteiger partial charge in [0.05, 0.1) is 17.9 Å². The van der Waals surface area contributed by atoms with E-state index in [1.165, 1.54) is 16.6 Å². The SMILES string of the molecule is CCc1ccc(CNC(=O)c2ccccc2SCc2nc(C)no2)s1. The van der Waals surface area contributed by atoms with Crippen molar-refractivity contribution in [2.75, 3.05) is 0 Å². The van der Waals surface area contributed by atoms with Gasteiger partial charge in [-0.1, -0.05) is 24.2 Å². The number of carbonyl (C=O) groups excluding carboxylic acids is 1. The number of hydrogen-bond donors (Lipinski definition) is 1. The normalized spacial score (nSPS) is 10.8. The van der Waals surface area contributed by atoms with Crippen LogP contribution in [-0.2, 0) is 18.7 Å². The van der Waals surface area contributed by atoms with Crippen LogP contribution in [0.5, 0.6) is 0 Å². The number of nitrogens with zero attached hydrogens (tertiary/aromatic N) is 2. The minimum atomic E-state index is -0.0729. The maximum atomic E-state index is 12.6. The van der Waals surface area contributed by atoms with E-state index in [-0.39, 0.29) is 5.91 Å². The van der Waals surface area contributed by atoms with Gasteiger partial charge in [-0.2, -0.15) is 4.98 Å². The van der Waals surface area contributed by atoms with Gasteiger partial charge in [0.2, 0.25) is 5.89 Å². The second kappa shape index (κ2) is 8.31. The Morgan fingerprint density at radius 1 is 1.24 bits per heavy atom. The van der Waals surface area contributed by atoms with Crippen molar-refractivity contribution in [3.8, 4) is 0 Å². The molecule has 130 valence electrons. The van der Waals surface area contributed by atoms with Crippen LogP contribution >= 0.6 is 23.1 Å². The van der Waals surface area contributed by atoms with E-state index in [2.05, 4.69) is 34.5 Å². The summed E-state index contributed by atoms with van der Waals surface area (Å²) in [5, 5.41) is 6.78. The Morgan fingerprint density at radius 3 is 2.76 bits per heavy atom. The summed E-state index contributed by atoms with van der Waals surface area (Å²) in [4.78, 5) is 20.1. The van der Waals surface area contributed by atoms with Crippen LogP contribution in [0.25, 0.3) is 0 Å². The molecule has 3 rings (SSSR count). The number of thioether (sulfide) groups is 1. The molecule has 1 N–H and O–H groups in total. The van der Waals surface area contributed by atoms with Crippen LogP contribution in [0.2, 0.25) is 0 Å². The molecule has 0 aliphatic rings. The lowest BCUT2D eigenvalue weighted by Gasteiger charge is -2.08. The molecule has 0 aliphatic carbocycles. The molecule has 0 radical (unpaired) electrons. The van der Waals surface area contributed by atoms with Crippen LogP contribution in [0.1, 0.15) is 38.8 Å². The number of aromatic nitrogens is 2. The van der Waals surface area contributed by atoms with Crippen molar-refractivity contribution < 1.29 is 9.32 Å². The molecule has 2 aromatic heterocycles.